The minimum atomic E-state index is -1.34. The number of nitrogens with zero attached hydrogens (tertiary/aromatic N) is 10. The second-order valence-electron chi connectivity index (χ2n) is 28.0. The normalized spacial score (nSPS) is 19.0. The molecule has 536 valence electrons. The van der Waals surface area contributed by atoms with Crippen LogP contribution >= 0.6 is 69.6 Å². The van der Waals surface area contributed by atoms with E-state index < -0.39 is 56.7 Å². The predicted molar refractivity (Wildman–Crippen MR) is 392 cm³/mol. The van der Waals surface area contributed by atoms with E-state index in [1.54, 1.807) is 147 Å². The van der Waals surface area contributed by atoms with Gasteiger partial charge in [0.15, 0.2) is 0 Å². The quantitative estimate of drug-likeness (QED) is 0.0410. The number of amides is 7. The number of nitrogens with two attached hydrogens (primary N) is 1. The molecule has 0 saturated heterocycles. The van der Waals surface area contributed by atoms with Gasteiger partial charge in [-0.15, -0.1) is 23.2 Å². The first-order valence-electron chi connectivity index (χ1n) is 33.2. The molecule has 0 unspecified atom stereocenters. The summed E-state index contributed by atoms with van der Waals surface area (Å²) >= 11 is 34.8. The molecule has 4 aromatic heterocycles. The largest absolute Gasteiger partial charge is 0.444 e. The number of ether oxygens (including phenoxy) is 1. The van der Waals surface area contributed by atoms with Crippen LogP contribution in [0.25, 0.3) is 0 Å². The number of carbonyl (C=O) groups is 7. The molecule has 4 aromatic carbocycles. The highest BCUT2D eigenvalue weighted by molar-refractivity contribution is 6.40. The van der Waals surface area contributed by atoms with Crippen molar-refractivity contribution in [3.8, 4) is 12.1 Å². The highest BCUT2D eigenvalue weighted by Crippen LogP contribution is 2.51. The molecule has 4 aliphatic carbocycles. The lowest BCUT2D eigenvalue weighted by Crippen LogP contribution is -2.52. The maximum Gasteiger partial charge on any atom is 0.407 e. The van der Waals surface area contributed by atoms with Crippen molar-refractivity contribution in [1.82, 2.24) is 55.7 Å². The van der Waals surface area contributed by atoms with Gasteiger partial charge < -0.3 is 37.1 Å². The molecule has 2 atom stereocenters. The molecule has 0 radical (unpaired) electrons. The molecule has 2 aliphatic heterocycles. The second kappa shape index (κ2) is 28.8. The average molecular weight is 1520 g/mol. The zero-order chi connectivity index (χ0) is 74.5. The van der Waals surface area contributed by atoms with Crippen molar-refractivity contribution in [1.29, 1.82) is 10.5 Å². The van der Waals surface area contributed by atoms with Crippen molar-refractivity contribution in [2.24, 2.45) is 5.73 Å². The van der Waals surface area contributed by atoms with Crippen LogP contribution in [0.4, 0.5) is 28.1 Å². The first kappa shape index (κ1) is 74.1. The summed E-state index contributed by atoms with van der Waals surface area (Å²) in [5.41, 5.74) is 5.60. The van der Waals surface area contributed by atoms with E-state index in [0.717, 1.165) is 40.8 Å². The Kier molecular flexibility index (Phi) is 20.5. The van der Waals surface area contributed by atoms with Crippen LogP contribution in [0.1, 0.15) is 152 Å². The van der Waals surface area contributed by atoms with Gasteiger partial charge in [0.25, 0.3) is 23.6 Å². The van der Waals surface area contributed by atoms with Gasteiger partial charge in [-0.05, 0) is 193 Å². The van der Waals surface area contributed by atoms with Crippen LogP contribution in [0.3, 0.4) is 0 Å². The van der Waals surface area contributed by atoms with Crippen molar-refractivity contribution in [2.45, 2.75) is 151 Å². The summed E-state index contributed by atoms with van der Waals surface area (Å²) in [5, 5.41) is 35.1. The summed E-state index contributed by atoms with van der Waals surface area (Å²) in [4.78, 5) is 118. The van der Waals surface area contributed by atoms with E-state index in [1.807, 2.05) is 18.2 Å². The summed E-state index contributed by atoms with van der Waals surface area (Å²) in [7, 11) is 0. The predicted octanol–water partition coefficient (Wildman–Crippen LogP) is 12.2. The Hall–Kier alpha value is -9.63. The van der Waals surface area contributed by atoms with Crippen molar-refractivity contribution >= 4 is 134 Å². The van der Waals surface area contributed by atoms with Gasteiger partial charge >= 0.3 is 6.09 Å². The number of pyridine rings is 2. The zero-order valence-corrected chi connectivity index (χ0v) is 61.5. The number of anilines is 4. The molecule has 14 rings (SSSR count). The SMILES string of the molecule is CC(C)(C)OC(=O)NCc1ccnc(C2(NC(=O)C3(NC(=O)c4cnc5n4[C@](C)(Cc4ccc(C#N)cc4)C(=O)N5c4cc(Cl)cc(Cl)c4)CC3)CC2)c1.C[C@@]1(Cc2ccc(C#N)cc2)C(=O)N(c2cc(Cl)cc(Cl)c2)c2ncc(C(=O)NC3(C(=O)NC4(c5cc(CN)ccn5)CC4)CC3)n21.ClCCl. The van der Waals surface area contributed by atoms with E-state index in [2.05, 4.69) is 58.7 Å². The molecule has 104 heavy (non-hydrogen) atoms. The van der Waals surface area contributed by atoms with E-state index >= 15 is 0 Å². The van der Waals surface area contributed by atoms with Crippen molar-refractivity contribution in [2.75, 3.05) is 15.1 Å². The fourth-order valence-corrected chi connectivity index (χ4v) is 14.1. The van der Waals surface area contributed by atoms with Crippen LogP contribution in [0.5, 0.6) is 0 Å². The average Bonchev–Trinajstić information content (AvgIpc) is 1.56. The molecule has 24 nitrogen and oxygen atoms in total. The summed E-state index contributed by atoms with van der Waals surface area (Å²) < 4.78 is 8.53. The van der Waals surface area contributed by atoms with Crippen molar-refractivity contribution < 1.29 is 38.3 Å². The highest BCUT2D eigenvalue weighted by Gasteiger charge is 2.60. The van der Waals surface area contributed by atoms with Gasteiger partial charge in [0.1, 0.15) is 39.1 Å². The smallest absolute Gasteiger partial charge is 0.407 e. The summed E-state index contributed by atoms with van der Waals surface area (Å²) in [6.07, 6.45) is 10.5. The highest BCUT2D eigenvalue weighted by atomic mass is 35.5. The van der Waals surface area contributed by atoms with Crippen LogP contribution in [-0.2, 0) is 72.0 Å². The van der Waals surface area contributed by atoms with Gasteiger partial charge in [-0.2, -0.15) is 10.5 Å². The van der Waals surface area contributed by atoms with Crippen LogP contribution < -0.4 is 42.1 Å². The Morgan fingerprint density at radius 3 is 1.26 bits per heavy atom. The number of hydrogen-bond donors (Lipinski definition) is 6. The molecule has 4 saturated carbocycles. The Balaban J connectivity index is 0.000000190. The molecule has 4 fully saturated rings. The number of benzene rings is 4. The molecule has 7 N–H and O–H groups in total. The number of alkyl carbamates (subject to hydrolysis) is 1. The molecule has 0 bridgehead atoms. The molecule has 8 aromatic rings. The number of imidazole rings is 2. The lowest BCUT2D eigenvalue weighted by molar-refractivity contribution is -0.125. The number of halogens is 6. The van der Waals surface area contributed by atoms with Crippen LogP contribution in [-0.4, -0.2) is 92.6 Å². The number of alkyl halides is 2. The summed E-state index contributed by atoms with van der Waals surface area (Å²) in [5.74, 6) is -2.02. The topological polar surface area (TPSA) is 330 Å². The van der Waals surface area contributed by atoms with Crippen molar-refractivity contribution in [3.63, 3.8) is 0 Å². The summed E-state index contributed by atoms with van der Waals surface area (Å²) in [6, 6.07) is 34.9. The van der Waals surface area contributed by atoms with Gasteiger partial charge in [-0.1, -0.05) is 70.7 Å². The third-order valence-electron chi connectivity index (χ3n) is 19.1. The zero-order valence-electron chi connectivity index (χ0n) is 57.0. The maximum absolute atomic E-state index is 14.4. The van der Waals surface area contributed by atoms with E-state index in [4.69, 9.17) is 80.1 Å². The van der Waals surface area contributed by atoms with Gasteiger partial charge in [-0.3, -0.25) is 47.9 Å². The molecule has 6 heterocycles. The molecular weight excluding hydrogens is 1450 g/mol. The standard InChI is InChI=1S/C39H38Cl2N8O5.C34H30Cl2N8O3.CH2Cl2/c1-36(2,3)54-35(53)45-21-25-9-14-43-30(15-25)38(10-11-38)47-32(51)39(12-13-39)46-31(50)29-22-44-34-48(28-17-26(40)16-27(41)18-28)33(52)37(4,49(29)34)19-23-5-7-24(20-42)8-6-23;1-32(16-20-2-4-21(17-37)5-3-20)30(47)43(25-14-23(35)13-24(36)15-25)31-40-19-26(44(31)32)28(45)41-34(9-10-34)29(46)42-33(7-8-33)27-12-22(18-38)6-11-39-27;2-1-3/h5-9,14-18,22H,10-13,19,21H2,1-4H3,(H,45,53)(H,46,50)(H,47,51);2-6,11-15,19H,7-10,16,18,38H2,1H3,(H,41,45)(H,42,46);1H2/t37-;32-;/m11./s1. The number of rotatable bonds is 19. The number of hydrogen-bond acceptors (Lipinski definition) is 15. The number of aromatic nitrogens is 6. The monoisotopic (exact) mass is 1520 g/mol. The van der Waals surface area contributed by atoms with Crippen LogP contribution in [0.2, 0.25) is 20.1 Å². The van der Waals surface area contributed by atoms with E-state index in [-0.39, 0.29) is 71.6 Å². The number of nitrogens with one attached hydrogen (secondary N) is 5. The summed E-state index contributed by atoms with van der Waals surface area (Å²) in [6.45, 7) is 9.42. The Bertz CT molecular complexity index is 4820. The molecule has 0 spiro atoms. The number of carbonyl (C=O) groups excluding carboxylic acids is 7. The Labute approximate surface area is 628 Å². The first-order chi connectivity index (χ1) is 49.5. The van der Waals surface area contributed by atoms with Gasteiger partial charge in [0, 0.05) is 58.4 Å². The van der Waals surface area contributed by atoms with Gasteiger partial charge in [-0.25, -0.2) is 24.6 Å². The van der Waals surface area contributed by atoms with Crippen LogP contribution in [0.15, 0.2) is 134 Å². The minimum Gasteiger partial charge on any atom is -0.444 e. The number of nitriles is 2. The molecule has 30 heteroatoms. The molecular formula is C74H70Cl6N16O8. The Morgan fingerprint density at radius 2 is 0.913 bits per heavy atom. The maximum atomic E-state index is 14.4. The van der Waals surface area contributed by atoms with Gasteiger partial charge in [0.2, 0.25) is 23.7 Å². The van der Waals surface area contributed by atoms with Gasteiger partial charge in [0.05, 0.1) is 74.8 Å². The molecule has 6 aliphatic rings. The third-order valence-corrected chi connectivity index (χ3v) is 20.0. The second-order valence-corrected chi connectivity index (χ2v) is 30.6. The number of fused-ring (bicyclic) bond motifs is 2. The fraction of sp³-hybridized carbons (Fsp3) is 0.338. The lowest BCUT2D eigenvalue weighted by atomic mass is 9.91. The fourth-order valence-electron chi connectivity index (χ4n) is 13.1. The Morgan fingerprint density at radius 1 is 0.538 bits per heavy atom. The lowest BCUT2D eigenvalue weighted by Gasteiger charge is -2.27. The van der Waals surface area contributed by atoms with E-state index in [9.17, 15) is 44.1 Å². The minimum absolute atomic E-state index is 0.0946. The third kappa shape index (κ3) is 15.0. The van der Waals surface area contributed by atoms with E-state index in [0.29, 0.717) is 93.4 Å². The van der Waals surface area contributed by atoms with E-state index in [1.165, 1.54) is 22.2 Å². The first-order valence-corrected chi connectivity index (χ1v) is 35.8. The molecule has 7 amide bonds. The van der Waals surface area contributed by atoms with Crippen LogP contribution in [0, 0.1) is 22.7 Å². The van der Waals surface area contributed by atoms with Crippen molar-refractivity contribution in [3.05, 3.63) is 210 Å².